The lowest BCUT2D eigenvalue weighted by molar-refractivity contribution is 0.0556. The van der Waals surface area contributed by atoms with E-state index in [4.69, 9.17) is 9.47 Å². The van der Waals surface area contributed by atoms with Gasteiger partial charge in [0.1, 0.15) is 0 Å². The molecule has 152 valence electrons. The normalized spacial score (nSPS) is 11.3. The second-order valence-electron chi connectivity index (χ2n) is 7.61. The van der Waals surface area contributed by atoms with Crippen LogP contribution in [-0.4, -0.2) is 38.2 Å². The van der Waals surface area contributed by atoms with E-state index in [2.05, 4.69) is 32.6 Å². The lowest BCUT2D eigenvalue weighted by Crippen LogP contribution is -2.38. The number of carbonyl (C=O) groups is 2. The summed E-state index contributed by atoms with van der Waals surface area (Å²) < 4.78 is 10.1. The summed E-state index contributed by atoms with van der Waals surface area (Å²) in [6, 6.07) is 14.0. The van der Waals surface area contributed by atoms with E-state index in [1.54, 1.807) is 6.07 Å². The number of carbonyl (C=O) groups excluding carboxylic acids is 2. The Balaban J connectivity index is 2.59. The Hall–Kier alpha value is -3.08. The zero-order chi connectivity index (χ0) is 21.3. The van der Waals surface area contributed by atoms with Crippen LogP contribution in [0, 0.1) is 0 Å². The Labute approximate surface area is 171 Å². The smallest absolute Gasteiger partial charge is 0.340 e. The van der Waals surface area contributed by atoms with Gasteiger partial charge in [0.15, 0.2) is 0 Å². The topological polar surface area (TPSA) is 55.8 Å². The number of rotatable bonds is 5. The minimum Gasteiger partial charge on any atom is -0.465 e. The highest BCUT2D eigenvalue weighted by atomic mass is 16.5. The molecule has 0 N–H and O–H groups in total. The van der Waals surface area contributed by atoms with Gasteiger partial charge in [0, 0.05) is 17.5 Å². The molecule has 0 aliphatic heterocycles. The second kappa shape index (κ2) is 8.11. The van der Waals surface area contributed by atoms with Crippen LogP contribution in [0.5, 0.6) is 0 Å². The first-order chi connectivity index (χ1) is 13.8. The molecular formula is C24H27NO4. The van der Waals surface area contributed by atoms with Gasteiger partial charge in [-0.15, -0.1) is 0 Å². The quantitative estimate of drug-likeness (QED) is 0.441. The third kappa shape index (κ3) is 3.53. The number of fused-ring (bicyclic) bond motifs is 3. The van der Waals surface area contributed by atoms with Crippen molar-refractivity contribution >= 4 is 39.2 Å². The fourth-order valence-electron chi connectivity index (χ4n) is 4.10. The molecule has 3 aromatic rings. The molecule has 0 saturated heterocycles. The molecular weight excluding hydrogens is 366 g/mol. The lowest BCUT2D eigenvalue weighted by atomic mass is 9.92. The molecule has 0 radical (unpaired) electrons. The monoisotopic (exact) mass is 393 g/mol. The van der Waals surface area contributed by atoms with E-state index in [1.807, 2.05) is 36.4 Å². The van der Waals surface area contributed by atoms with Gasteiger partial charge < -0.3 is 14.4 Å². The maximum Gasteiger partial charge on any atom is 0.340 e. The molecule has 5 nitrogen and oxygen atoms in total. The molecule has 0 aliphatic carbocycles. The second-order valence-corrected chi connectivity index (χ2v) is 7.61. The molecule has 0 heterocycles. The molecule has 3 rings (SSSR count). The van der Waals surface area contributed by atoms with Crippen LogP contribution in [0.15, 0.2) is 42.5 Å². The Kier molecular flexibility index (Phi) is 5.78. The highest BCUT2D eigenvalue weighted by molar-refractivity contribution is 6.20. The first-order valence-corrected chi connectivity index (χ1v) is 9.75. The van der Waals surface area contributed by atoms with Gasteiger partial charge in [-0.2, -0.15) is 0 Å². The van der Waals surface area contributed by atoms with Gasteiger partial charge in [0.25, 0.3) is 0 Å². The van der Waals surface area contributed by atoms with Crippen LogP contribution < -0.4 is 4.90 Å². The van der Waals surface area contributed by atoms with Crippen molar-refractivity contribution in [3.8, 4) is 0 Å². The molecule has 0 spiro atoms. The zero-order valence-electron chi connectivity index (χ0n) is 17.8. The molecule has 0 amide bonds. The number of nitrogens with zero attached hydrogens (tertiary/aromatic N) is 1. The molecule has 0 atom stereocenters. The summed E-state index contributed by atoms with van der Waals surface area (Å²) >= 11 is 0. The van der Waals surface area contributed by atoms with E-state index in [0.29, 0.717) is 5.69 Å². The van der Waals surface area contributed by atoms with Crippen molar-refractivity contribution in [2.75, 3.05) is 19.1 Å². The summed E-state index contributed by atoms with van der Waals surface area (Å²) in [4.78, 5) is 27.7. The largest absolute Gasteiger partial charge is 0.465 e. The van der Waals surface area contributed by atoms with E-state index >= 15 is 0 Å². The summed E-state index contributed by atoms with van der Waals surface area (Å²) in [6.45, 7) is 8.27. The maximum atomic E-state index is 12.9. The molecule has 0 fully saturated rings. The fourth-order valence-corrected chi connectivity index (χ4v) is 4.10. The van der Waals surface area contributed by atoms with Crippen molar-refractivity contribution in [3.05, 3.63) is 53.6 Å². The molecule has 0 saturated carbocycles. The van der Waals surface area contributed by atoms with Crippen LogP contribution in [0.25, 0.3) is 21.5 Å². The van der Waals surface area contributed by atoms with Crippen molar-refractivity contribution in [1.29, 1.82) is 0 Å². The summed E-state index contributed by atoms with van der Waals surface area (Å²) in [5, 5.41) is 3.88. The van der Waals surface area contributed by atoms with Crippen molar-refractivity contribution in [1.82, 2.24) is 0 Å². The molecule has 0 bridgehead atoms. The van der Waals surface area contributed by atoms with Gasteiger partial charge in [-0.1, -0.05) is 36.4 Å². The number of hydrogen-bond donors (Lipinski definition) is 0. The molecule has 3 aromatic carbocycles. The number of anilines is 1. The Bertz CT molecular complexity index is 1080. The van der Waals surface area contributed by atoms with E-state index in [1.165, 1.54) is 14.2 Å². The van der Waals surface area contributed by atoms with Crippen LogP contribution in [0.3, 0.4) is 0 Å². The zero-order valence-corrected chi connectivity index (χ0v) is 17.8. The minimum absolute atomic E-state index is 0.0981. The van der Waals surface area contributed by atoms with E-state index in [0.717, 1.165) is 21.5 Å². The predicted octanol–water partition coefficient (Wildman–Crippen LogP) is 5.19. The number of hydrogen-bond acceptors (Lipinski definition) is 5. The van der Waals surface area contributed by atoms with Gasteiger partial charge in [-0.05, 0) is 49.9 Å². The van der Waals surface area contributed by atoms with Crippen LogP contribution in [0.1, 0.15) is 48.4 Å². The van der Waals surface area contributed by atoms with Gasteiger partial charge in [-0.3, -0.25) is 0 Å². The van der Waals surface area contributed by atoms with E-state index < -0.39 is 11.9 Å². The van der Waals surface area contributed by atoms with Crippen LogP contribution in [0.2, 0.25) is 0 Å². The molecule has 5 heteroatoms. The van der Waals surface area contributed by atoms with Crippen molar-refractivity contribution in [3.63, 3.8) is 0 Å². The summed E-state index contributed by atoms with van der Waals surface area (Å²) in [7, 11) is 2.64. The van der Waals surface area contributed by atoms with Gasteiger partial charge in [-0.25, -0.2) is 9.59 Å². The summed E-state index contributed by atoms with van der Waals surface area (Å²) in [6.07, 6.45) is 0. The van der Waals surface area contributed by atoms with E-state index in [-0.39, 0.29) is 23.2 Å². The Morgan fingerprint density at radius 1 is 0.793 bits per heavy atom. The predicted molar refractivity (Wildman–Crippen MR) is 117 cm³/mol. The van der Waals surface area contributed by atoms with E-state index in [9.17, 15) is 9.59 Å². The third-order valence-corrected chi connectivity index (χ3v) is 5.19. The average Bonchev–Trinajstić information content (AvgIpc) is 2.71. The number of benzene rings is 3. The van der Waals surface area contributed by atoms with Crippen molar-refractivity contribution in [2.45, 2.75) is 39.8 Å². The molecule has 0 unspecified atom stereocenters. The van der Waals surface area contributed by atoms with Crippen LogP contribution >= 0.6 is 0 Å². The van der Waals surface area contributed by atoms with Crippen LogP contribution in [-0.2, 0) is 9.47 Å². The van der Waals surface area contributed by atoms with Gasteiger partial charge in [0.05, 0.1) is 31.0 Å². The van der Waals surface area contributed by atoms with Gasteiger partial charge in [0.2, 0.25) is 0 Å². The Morgan fingerprint density at radius 2 is 1.41 bits per heavy atom. The number of methoxy groups -OCH3 is 2. The van der Waals surface area contributed by atoms with Gasteiger partial charge >= 0.3 is 11.9 Å². The highest BCUT2D eigenvalue weighted by Gasteiger charge is 2.30. The minimum atomic E-state index is -0.561. The molecule has 0 aromatic heterocycles. The first kappa shape index (κ1) is 20.6. The highest BCUT2D eigenvalue weighted by Crippen LogP contribution is 2.39. The molecule has 0 aliphatic rings. The lowest BCUT2D eigenvalue weighted by Gasteiger charge is -2.36. The third-order valence-electron chi connectivity index (χ3n) is 5.19. The van der Waals surface area contributed by atoms with Crippen LogP contribution in [0.4, 0.5) is 5.69 Å². The summed E-state index contributed by atoms with van der Waals surface area (Å²) in [5.41, 5.74) is 1.15. The SMILES string of the molecule is COC(=O)c1cc2c(ccc3ccccc32)c(N(C(C)C)C(C)C)c1C(=O)OC. The first-order valence-electron chi connectivity index (χ1n) is 9.75. The Morgan fingerprint density at radius 3 is 2.00 bits per heavy atom. The fraction of sp³-hybridized carbons (Fsp3) is 0.333. The maximum absolute atomic E-state index is 12.9. The average molecular weight is 393 g/mol. The number of esters is 2. The van der Waals surface area contributed by atoms with Crippen molar-refractivity contribution < 1.29 is 19.1 Å². The summed E-state index contributed by atoms with van der Waals surface area (Å²) in [5.74, 6) is -1.12. The standard InChI is InChI=1S/C24H27NO4/c1-14(2)25(15(3)4)22-18-12-11-16-9-7-8-10-17(16)19(18)13-20(23(26)28-5)21(22)24(27)29-6/h7-15H,1-6H3. The molecule has 29 heavy (non-hydrogen) atoms. The van der Waals surface area contributed by atoms with Crippen molar-refractivity contribution in [2.24, 2.45) is 0 Å². The number of ether oxygens (including phenoxy) is 2.